The van der Waals surface area contributed by atoms with Crippen LogP contribution < -0.4 is 4.90 Å². The fourth-order valence-electron chi connectivity index (χ4n) is 5.06. The van der Waals surface area contributed by atoms with E-state index in [-0.39, 0.29) is 0 Å². The van der Waals surface area contributed by atoms with Crippen molar-refractivity contribution in [2.45, 2.75) is 33.2 Å². The predicted molar refractivity (Wildman–Crippen MR) is 150 cm³/mol. The molecule has 0 unspecified atom stereocenters. The summed E-state index contributed by atoms with van der Waals surface area (Å²) < 4.78 is 7.71. The van der Waals surface area contributed by atoms with Gasteiger partial charge in [-0.05, 0) is 67.9 Å². The van der Waals surface area contributed by atoms with E-state index >= 15 is 0 Å². The van der Waals surface area contributed by atoms with Crippen LogP contribution in [-0.4, -0.2) is 59.9 Å². The van der Waals surface area contributed by atoms with Crippen molar-refractivity contribution in [3.8, 4) is 5.69 Å². The predicted octanol–water partition coefficient (Wildman–Crippen LogP) is 5.16. The zero-order valence-corrected chi connectivity index (χ0v) is 22.1. The zero-order valence-electron chi connectivity index (χ0n) is 21.3. The lowest BCUT2D eigenvalue weighted by molar-refractivity contribution is 0.122. The van der Waals surface area contributed by atoms with E-state index in [0.717, 1.165) is 63.9 Å². The van der Waals surface area contributed by atoms with Gasteiger partial charge >= 0.3 is 0 Å². The van der Waals surface area contributed by atoms with Crippen molar-refractivity contribution < 1.29 is 4.74 Å². The summed E-state index contributed by atoms with van der Waals surface area (Å²) in [7, 11) is 0. The van der Waals surface area contributed by atoms with Crippen LogP contribution in [0.15, 0.2) is 64.8 Å². The molecule has 0 radical (unpaired) electrons. The van der Waals surface area contributed by atoms with Crippen molar-refractivity contribution in [3.05, 3.63) is 88.0 Å². The van der Waals surface area contributed by atoms with Gasteiger partial charge in [0.05, 0.1) is 13.2 Å². The Morgan fingerprint density at radius 3 is 2.56 bits per heavy atom. The van der Waals surface area contributed by atoms with Crippen molar-refractivity contribution in [1.82, 2.24) is 14.5 Å². The Bertz CT molecular complexity index is 1210. The molecule has 0 bridgehead atoms. The number of ether oxygens (including phenoxy) is 1. The number of thioether (sulfide) groups is 1. The third kappa shape index (κ3) is 5.75. The van der Waals surface area contributed by atoms with E-state index in [1.54, 1.807) is 0 Å². The molecule has 6 nitrogen and oxygen atoms in total. The number of aryl methyl sites for hydroxylation is 2. The summed E-state index contributed by atoms with van der Waals surface area (Å²) in [5, 5.41) is 0. The first-order chi connectivity index (χ1) is 17.6. The van der Waals surface area contributed by atoms with E-state index in [4.69, 9.17) is 4.74 Å². The second kappa shape index (κ2) is 11.5. The molecule has 7 heteroatoms. The van der Waals surface area contributed by atoms with Gasteiger partial charge in [-0.3, -0.25) is 9.89 Å². The van der Waals surface area contributed by atoms with Crippen molar-refractivity contribution in [1.29, 1.82) is 0 Å². The van der Waals surface area contributed by atoms with Gasteiger partial charge in [-0.2, -0.15) is 0 Å². The van der Waals surface area contributed by atoms with Crippen LogP contribution in [0.4, 0.5) is 5.69 Å². The number of anilines is 1. The Hall–Kier alpha value is -2.87. The summed E-state index contributed by atoms with van der Waals surface area (Å²) in [5.74, 6) is 1.97. The van der Waals surface area contributed by atoms with Gasteiger partial charge in [0.1, 0.15) is 5.82 Å². The molecule has 3 heterocycles. The van der Waals surface area contributed by atoms with E-state index in [1.807, 2.05) is 24.2 Å². The highest BCUT2D eigenvalue weighted by molar-refractivity contribution is 8.03. The molecule has 1 saturated heterocycles. The molecule has 5 rings (SSSR count). The quantitative estimate of drug-likeness (QED) is 0.399. The third-order valence-corrected chi connectivity index (χ3v) is 8.13. The van der Waals surface area contributed by atoms with Gasteiger partial charge in [-0.25, -0.2) is 4.98 Å². The van der Waals surface area contributed by atoms with E-state index in [2.05, 4.69) is 87.4 Å². The van der Waals surface area contributed by atoms with Crippen LogP contribution in [0.3, 0.4) is 0 Å². The van der Waals surface area contributed by atoms with Gasteiger partial charge in [-0.15, -0.1) is 11.8 Å². The molecule has 1 aromatic heterocycles. The van der Waals surface area contributed by atoms with Gasteiger partial charge in [0.25, 0.3) is 0 Å². The van der Waals surface area contributed by atoms with Crippen LogP contribution in [-0.2, 0) is 24.1 Å². The molecule has 0 atom stereocenters. The minimum atomic E-state index is 0.807. The smallest absolute Gasteiger partial charge is 0.110 e. The second-order valence-electron chi connectivity index (χ2n) is 9.53. The molecule has 2 aliphatic heterocycles. The maximum absolute atomic E-state index is 5.48. The SMILES string of the molecule is C=N/C=C(/Cc1ccc(N2CCOCC2)cc1)SCN1CCc2ccc(-n3c(C)cnc3C)cc2C1. The summed E-state index contributed by atoms with van der Waals surface area (Å²) in [6.45, 7) is 13.5. The molecule has 1 fully saturated rings. The summed E-state index contributed by atoms with van der Waals surface area (Å²) in [6.07, 6.45) is 5.82. The third-order valence-electron chi connectivity index (χ3n) is 7.01. The first-order valence-corrected chi connectivity index (χ1v) is 13.6. The number of rotatable bonds is 8. The number of aliphatic imine (C=N–C) groups is 1. The molecule has 0 saturated carbocycles. The lowest BCUT2D eigenvalue weighted by atomic mass is 9.99. The lowest BCUT2D eigenvalue weighted by Crippen LogP contribution is -2.36. The molecule has 0 aliphatic carbocycles. The van der Waals surface area contributed by atoms with E-state index in [1.165, 1.54) is 38.7 Å². The molecule has 0 amide bonds. The summed E-state index contributed by atoms with van der Waals surface area (Å²) in [4.78, 5) is 14.7. The molecule has 0 spiro atoms. The Morgan fingerprint density at radius 1 is 1.06 bits per heavy atom. The number of allylic oxidation sites excluding steroid dienone is 1. The fraction of sp³-hybridized carbons (Fsp3) is 0.379. The Kier molecular flexibility index (Phi) is 7.90. The topological polar surface area (TPSA) is 45.9 Å². The van der Waals surface area contributed by atoms with Crippen molar-refractivity contribution in [2.75, 3.05) is 43.6 Å². The normalized spacial score (nSPS) is 16.7. The highest BCUT2D eigenvalue weighted by Gasteiger charge is 2.18. The maximum Gasteiger partial charge on any atom is 0.110 e. The maximum atomic E-state index is 5.48. The highest BCUT2D eigenvalue weighted by atomic mass is 32.2. The zero-order chi connectivity index (χ0) is 24.9. The molecule has 2 aliphatic rings. The Balaban J connectivity index is 1.20. The summed E-state index contributed by atoms with van der Waals surface area (Å²) >= 11 is 1.87. The molecule has 2 aromatic carbocycles. The minimum absolute atomic E-state index is 0.807. The number of benzene rings is 2. The summed E-state index contributed by atoms with van der Waals surface area (Å²) in [5.41, 5.74) is 7.81. The average molecular weight is 502 g/mol. The van der Waals surface area contributed by atoms with Crippen molar-refractivity contribution in [3.63, 3.8) is 0 Å². The van der Waals surface area contributed by atoms with Crippen LogP contribution in [0.2, 0.25) is 0 Å². The molecular formula is C29H35N5OS. The largest absolute Gasteiger partial charge is 0.378 e. The molecule has 188 valence electrons. The number of imidazole rings is 1. The van der Waals surface area contributed by atoms with Crippen LogP contribution in [0, 0.1) is 13.8 Å². The van der Waals surface area contributed by atoms with Crippen LogP contribution >= 0.6 is 11.8 Å². The standard InChI is InChI=1S/C29H35N5OS/c1-22-18-31-23(2)34(22)28-9-6-25-10-11-32(20-26(25)17-28)21-36-29(19-30-3)16-24-4-7-27(8-5-24)33-12-14-35-15-13-33/h4-9,17-19H,3,10-16,20-21H2,1-2H3/b29-19-. The van der Waals surface area contributed by atoms with E-state index < -0.39 is 0 Å². The average Bonchev–Trinajstić information content (AvgIpc) is 3.25. The molecule has 0 N–H and O–H groups in total. The monoisotopic (exact) mass is 501 g/mol. The van der Waals surface area contributed by atoms with Gasteiger partial charge < -0.3 is 14.2 Å². The van der Waals surface area contributed by atoms with E-state index in [0.29, 0.717) is 0 Å². The van der Waals surface area contributed by atoms with Gasteiger partial charge in [0.15, 0.2) is 0 Å². The minimum Gasteiger partial charge on any atom is -0.378 e. The van der Waals surface area contributed by atoms with Crippen molar-refractivity contribution in [2.24, 2.45) is 4.99 Å². The van der Waals surface area contributed by atoms with Crippen LogP contribution in [0.1, 0.15) is 28.2 Å². The highest BCUT2D eigenvalue weighted by Crippen LogP contribution is 2.28. The van der Waals surface area contributed by atoms with Crippen molar-refractivity contribution >= 4 is 24.2 Å². The number of hydrogen-bond acceptors (Lipinski definition) is 6. The Labute approximate surface area is 218 Å². The van der Waals surface area contributed by atoms with Crippen LogP contribution in [0.5, 0.6) is 0 Å². The van der Waals surface area contributed by atoms with Gasteiger partial charge in [0.2, 0.25) is 0 Å². The number of morpholine rings is 1. The number of hydrogen-bond donors (Lipinski definition) is 0. The molecule has 36 heavy (non-hydrogen) atoms. The summed E-state index contributed by atoms with van der Waals surface area (Å²) in [6, 6.07) is 15.8. The molecule has 3 aromatic rings. The fourth-order valence-corrected chi connectivity index (χ4v) is 6.04. The first kappa shape index (κ1) is 24.8. The lowest BCUT2D eigenvalue weighted by Gasteiger charge is -2.29. The first-order valence-electron chi connectivity index (χ1n) is 12.7. The number of fused-ring (bicyclic) bond motifs is 1. The number of aromatic nitrogens is 2. The van der Waals surface area contributed by atoms with Gasteiger partial charge in [-0.1, -0.05) is 18.2 Å². The Morgan fingerprint density at radius 2 is 1.83 bits per heavy atom. The molecular weight excluding hydrogens is 466 g/mol. The number of nitrogens with zero attached hydrogens (tertiary/aromatic N) is 5. The second-order valence-corrected chi connectivity index (χ2v) is 10.6. The van der Waals surface area contributed by atoms with Gasteiger partial charge in [0, 0.05) is 72.8 Å². The van der Waals surface area contributed by atoms with E-state index in [9.17, 15) is 0 Å². The van der Waals surface area contributed by atoms with Crippen LogP contribution in [0.25, 0.3) is 5.69 Å².